The molecule has 0 aromatic heterocycles. The van der Waals surface area contributed by atoms with E-state index >= 15 is 0 Å². The van der Waals surface area contributed by atoms with E-state index in [0.717, 1.165) is 5.56 Å². The summed E-state index contributed by atoms with van der Waals surface area (Å²) in [6, 6.07) is 16.7. The smallest absolute Gasteiger partial charge is 0.308 e. The number of para-hydroxylation sites is 1. The summed E-state index contributed by atoms with van der Waals surface area (Å²) in [4.78, 5) is 36.7. The van der Waals surface area contributed by atoms with Crippen molar-refractivity contribution >= 4 is 29.2 Å². The van der Waals surface area contributed by atoms with Crippen molar-refractivity contribution in [1.82, 2.24) is 0 Å². The number of nitrogens with one attached hydrogen (secondary N) is 2. The van der Waals surface area contributed by atoms with E-state index in [1.165, 1.54) is 19.1 Å². The number of amides is 2. The highest BCUT2D eigenvalue weighted by atomic mass is 16.5. The molecule has 7 heteroatoms. The third kappa shape index (κ3) is 3.86. The Morgan fingerprint density at radius 3 is 2.57 bits per heavy atom. The summed E-state index contributed by atoms with van der Waals surface area (Å²) in [5.41, 5.74) is 2.46. The van der Waals surface area contributed by atoms with Crippen LogP contribution in [0.4, 0.5) is 11.4 Å². The summed E-state index contributed by atoms with van der Waals surface area (Å²) >= 11 is 0. The van der Waals surface area contributed by atoms with Crippen molar-refractivity contribution < 1.29 is 23.9 Å². The molecule has 2 N–H and O–H groups in total. The molecule has 2 amide bonds. The highest BCUT2D eigenvalue weighted by Crippen LogP contribution is 2.37. The number of rotatable bonds is 3. The van der Waals surface area contributed by atoms with E-state index in [4.69, 9.17) is 9.47 Å². The van der Waals surface area contributed by atoms with Crippen LogP contribution in [0.3, 0.4) is 0 Å². The van der Waals surface area contributed by atoms with Crippen molar-refractivity contribution in [3.05, 3.63) is 77.4 Å². The molecule has 0 aliphatic carbocycles. The Labute approximate surface area is 172 Å². The molecule has 0 spiro atoms. The van der Waals surface area contributed by atoms with Crippen molar-refractivity contribution in [2.24, 2.45) is 0 Å². The molecule has 1 aliphatic rings. The van der Waals surface area contributed by atoms with Gasteiger partial charge in [-0.3, -0.25) is 14.4 Å². The predicted octanol–water partition coefficient (Wildman–Crippen LogP) is 4.53. The number of aryl methyl sites for hydroxylation is 1. The lowest BCUT2D eigenvalue weighted by Crippen LogP contribution is -2.16. The summed E-state index contributed by atoms with van der Waals surface area (Å²) < 4.78 is 11.0. The number of benzene rings is 3. The molecular formula is C23H18N2O5. The zero-order valence-electron chi connectivity index (χ0n) is 16.3. The maximum Gasteiger partial charge on any atom is 0.308 e. The van der Waals surface area contributed by atoms with Crippen LogP contribution in [0.25, 0.3) is 0 Å². The fraction of sp³-hybridized carbons (Fsp3) is 0.0870. The summed E-state index contributed by atoms with van der Waals surface area (Å²) in [5, 5.41) is 5.56. The first-order valence-corrected chi connectivity index (χ1v) is 9.23. The molecule has 3 aromatic rings. The second-order valence-corrected chi connectivity index (χ2v) is 6.81. The van der Waals surface area contributed by atoms with Gasteiger partial charge in [0.1, 0.15) is 11.5 Å². The van der Waals surface area contributed by atoms with Gasteiger partial charge >= 0.3 is 5.97 Å². The molecule has 0 atom stereocenters. The quantitative estimate of drug-likeness (QED) is 0.496. The maximum atomic E-state index is 12.7. The lowest BCUT2D eigenvalue weighted by molar-refractivity contribution is -0.131. The van der Waals surface area contributed by atoms with Crippen molar-refractivity contribution in [3.8, 4) is 17.2 Å². The van der Waals surface area contributed by atoms with Gasteiger partial charge in [-0.1, -0.05) is 18.2 Å². The highest BCUT2D eigenvalue weighted by Gasteiger charge is 2.22. The molecule has 150 valence electrons. The Balaban J connectivity index is 1.61. The second-order valence-electron chi connectivity index (χ2n) is 6.81. The van der Waals surface area contributed by atoms with Crippen LogP contribution in [-0.4, -0.2) is 17.8 Å². The van der Waals surface area contributed by atoms with Crippen LogP contribution in [-0.2, 0) is 4.79 Å². The van der Waals surface area contributed by atoms with E-state index in [1.807, 2.05) is 19.1 Å². The molecule has 0 bridgehead atoms. The van der Waals surface area contributed by atoms with Gasteiger partial charge in [0.15, 0.2) is 5.75 Å². The number of anilines is 2. The van der Waals surface area contributed by atoms with Crippen LogP contribution in [0.15, 0.2) is 60.7 Å². The number of esters is 1. The molecule has 0 unspecified atom stereocenters. The highest BCUT2D eigenvalue weighted by molar-refractivity contribution is 6.10. The maximum absolute atomic E-state index is 12.7. The van der Waals surface area contributed by atoms with Crippen LogP contribution in [0.2, 0.25) is 0 Å². The van der Waals surface area contributed by atoms with Gasteiger partial charge in [-0.25, -0.2) is 0 Å². The molecule has 0 radical (unpaired) electrons. The first kappa shape index (κ1) is 19.2. The first-order valence-electron chi connectivity index (χ1n) is 9.23. The number of hydrogen-bond donors (Lipinski definition) is 2. The van der Waals surface area contributed by atoms with Gasteiger partial charge in [-0.15, -0.1) is 0 Å². The van der Waals surface area contributed by atoms with Gasteiger partial charge in [-0.05, 0) is 55.0 Å². The molecule has 30 heavy (non-hydrogen) atoms. The Kier molecular flexibility index (Phi) is 4.93. The van der Waals surface area contributed by atoms with Crippen LogP contribution >= 0.6 is 0 Å². The van der Waals surface area contributed by atoms with E-state index in [-0.39, 0.29) is 22.8 Å². The first-order chi connectivity index (χ1) is 14.4. The molecule has 0 saturated carbocycles. The molecule has 4 rings (SSSR count). The summed E-state index contributed by atoms with van der Waals surface area (Å²) in [6.45, 7) is 3.19. The number of fused-ring (bicyclic) bond motifs is 2. The molecule has 3 aromatic carbocycles. The summed E-state index contributed by atoms with van der Waals surface area (Å²) in [6.07, 6.45) is 0. The Hall–Kier alpha value is -4.13. The minimum absolute atomic E-state index is 0.157. The predicted molar refractivity (Wildman–Crippen MR) is 111 cm³/mol. The lowest BCUT2D eigenvalue weighted by atomic mass is 10.1. The zero-order chi connectivity index (χ0) is 21.3. The van der Waals surface area contributed by atoms with E-state index in [9.17, 15) is 14.4 Å². The second kappa shape index (κ2) is 7.71. The van der Waals surface area contributed by atoms with Crippen molar-refractivity contribution in [2.45, 2.75) is 13.8 Å². The van der Waals surface area contributed by atoms with Crippen molar-refractivity contribution in [2.75, 3.05) is 10.6 Å². The van der Waals surface area contributed by atoms with E-state index < -0.39 is 11.9 Å². The normalized spacial score (nSPS) is 11.9. The molecule has 0 fully saturated rings. The fourth-order valence-corrected chi connectivity index (χ4v) is 3.11. The number of hydrogen-bond acceptors (Lipinski definition) is 5. The van der Waals surface area contributed by atoms with Crippen LogP contribution in [0.5, 0.6) is 17.2 Å². The molecule has 1 aliphatic heterocycles. The number of ether oxygens (including phenoxy) is 2. The summed E-state index contributed by atoms with van der Waals surface area (Å²) in [7, 11) is 0. The Morgan fingerprint density at radius 2 is 1.77 bits per heavy atom. The molecule has 1 heterocycles. The largest absolute Gasteiger partial charge is 0.454 e. The SMILES string of the molecule is CC(=O)Oc1ccccc1C(=O)Nc1ccc2c(c1)C(=O)Nc1cc(C)ccc1O2. The monoisotopic (exact) mass is 402 g/mol. The molecular weight excluding hydrogens is 384 g/mol. The Bertz CT molecular complexity index is 1190. The minimum atomic E-state index is -0.524. The van der Waals surface area contributed by atoms with Crippen LogP contribution in [0, 0.1) is 6.92 Å². The molecule has 7 nitrogen and oxygen atoms in total. The Morgan fingerprint density at radius 1 is 1.00 bits per heavy atom. The van der Waals surface area contributed by atoms with Gasteiger partial charge in [0.2, 0.25) is 0 Å². The number of carbonyl (C=O) groups is 3. The average Bonchev–Trinajstić information content (AvgIpc) is 2.83. The average molecular weight is 402 g/mol. The zero-order valence-corrected chi connectivity index (χ0v) is 16.3. The fourth-order valence-electron chi connectivity index (χ4n) is 3.11. The van der Waals surface area contributed by atoms with Gasteiger partial charge in [0, 0.05) is 12.6 Å². The van der Waals surface area contributed by atoms with E-state index in [1.54, 1.807) is 36.4 Å². The van der Waals surface area contributed by atoms with Gasteiger partial charge in [0.05, 0.1) is 16.8 Å². The third-order valence-corrected chi connectivity index (χ3v) is 4.47. The van der Waals surface area contributed by atoms with Gasteiger partial charge < -0.3 is 20.1 Å². The lowest BCUT2D eigenvalue weighted by Gasteiger charge is -2.11. The van der Waals surface area contributed by atoms with Crippen molar-refractivity contribution in [3.63, 3.8) is 0 Å². The minimum Gasteiger partial charge on any atom is -0.454 e. The summed E-state index contributed by atoms with van der Waals surface area (Å²) in [5.74, 6) is -0.257. The topological polar surface area (TPSA) is 93.7 Å². The van der Waals surface area contributed by atoms with E-state index in [0.29, 0.717) is 22.9 Å². The third-order valence-electron chi connectivity index (χ3n) is 4.47. The van der Waals surface area contributed by atoms with Gasteiger partial charge in [0.25, 0.3) is 11.8 Å². The van der Waals surface area contributed by atoms with Crippen molar-refractivity contribution in [1.29, 1.82) is 0 Å². The number of carbonyl (C=O) groups excluding carboxylic acids is 3. The standard InChI is InChI=1S/C23H18N2O5/c1-13-7-9-21-18(11-13)25-23(28)17-12-15(8-10-20(17)30-21)24-22(27)16-5-3-4-6-19(16)29-14(2)26/h3-12H,1-2H3,(H,24,27)(H,25,28). The van der Waals surface area contributed by atoms with E-state index in [2.05, 4.69) is 10.6 Å². The van der Waals surface area contributed by atoms with Gasteiger partial charge in [-0.2, -0.15) is 0 Å². The van der Waals surface area contributed by atoms with Crippen LogP contribution in [0.1, 0.15) is 33.2 Å². The molecule has 0 saturated heterocycles. The van der Waals surface area contributed by atoms with Crippen LogP contribution < -0.4 is 20.1 Å².